The first-order valence-electron chi connectivity index (χ1n) is 7.55. The van der Waals surface area contributed by atoms with E-state index in [1.54, 1.807) is 6.26 Å². The maximum absolute atomic E-state index is 13.0. The summed E-state index contributed by atoms with van der Waals surface area (Å²) in [5.74, 6) is 0.801. The summed E-state index contributed by atoms with van der Waals surface area (Å²) in [5.41, 5.74) is 2.22. The number of rotatable bonds is 7. The first-order valence-corrected chi connectivity index (χ1v) is 7.55. The number of furan rings is 1. The highest BCUT2D eigenvalue weighted by atomic mass is 19.1. The average molecular weight is 288 g/mol. The molecule has 4 heteroatoms. The van der Waals surface area contributed by atoms with E-state index in [-0.39, 0.29) is 5.82 Å². The number of halogens is 1. The lowest BCUT2D eigenvalue weighted by Crippen LogP contribution is -2.23. The van der Waals surface area contributed by atoms with Gasteiger partial charge < -0.3 is 14.6 Å². The Kier molecular flexibility index (Phi) is 4.25. The van der Waals surface area contributed by atoms with Crippen molar-refractivity contribution in [1.82, 2.24) is 5.32 Å². The molecule has 0 bridgehead atoms. The van der Waals surface area contributed by atoms with Crippen LogP contribution in [-0.2, 0) is 13.1 Å². The molecular formula is C17H21FN2O. The summed E-state index contributed by atoms with van der Waals surface area (Å²) in [4.78, 5) is 2.21. The first-order chi connectivity index (χ1) is 10.3. The minimum absolute atomic E-state index is 0.201. The van der Waals surface area contributed by atoms with Gasteiger partial charge in [0.05, 0.1) is 12.8 Å². The van der Waals surface area contributed by atoms with E-state index in [1.807, 2.05) is 18.2 Å². The van der Waals surface area contributed by atoms with Crippen molar-refractivity contribution in [3.63, 3.8) is 0 Å². The molecular weight excluding hydrogens is 267 g/mol. The van der Waals surface area contributed by atoms with Crippen LogP contribution in [0.15, 0.2) is 41.0 Å². The van der Waals surface area contributed by atoms with E-state index >= 15 is 0 Å². The summed E-state index contributed by atoms with van der Waals surface area (Å²) in [7, 11) is 0. The van der Waals surface area contributed by atoms with Gasteiger partial charge in [-0.2, -0.15) is 0 Å². The Morgan fingerprint density at radius 3 is 2.67 bits per heavy atom. The van der Waals surface area contributed by atoms with Crippen LogP contribution in [0.3, 0.4) is 0 Å². The molecule has 1 aliphatic rings. The quantitative estimate of drug-likeness (QED) is 0.842. The van der Waals surface area contributed by atoms with Crippen LogP contribution >= 0.6 is 0 Å². The molecule has 3 rings (SSSR count). The molecule has 0 spiro atoms. The minimum Gasteiger partial charge on any atom is -0.468 e. The maximum Gasteiger partial charge on any atom is 0.123 e. The molecule has 112 valence electrons. The normalized spacial score (nSPS) is 14.4. The van der Waals surface area contributed by atoms with Crippen molar-refractivity contribution in [2.24, 2.45) is 0 Å². The van der Waals surface area contributed by atoms with Gasteiger partial charge in [0, 0.05) is 30.4 Å². The number of hydrogen-bond acceptors (Lipinski definition) is 3. The van der Waals surface area contributed by atoms with Gasteiger partial charge in [-0.05, 0) is 50.1 Å². The molecule has 0 saturated heterocycles. The summed E-state index contributed by atoms with van der Waals surface area (Å²) in [6.07, 6.45) is 4.29. The SMILES string of the molecule is CCN(Cc1ccoc1CNC1CC1)c1ccc(F)cc1. The van der Waals surface area contributed by atoms with Crippen molar-refractivity contribution < 1.29 is 8.81 Å². The van der Waals surface area contributed by atoms with E-state index in [2.05, 4.69) is 17.1 Å². The lowest BCUT2D eigenvalue weighted by Gasteiger charge is -2.23. The monoisotopic (exact) mass is 288 g/mol. The number of benzene rings is 1. The molecule has 1 saturated carbocycles. The topological polar surface area (TPSA) is 28.4 Å². The Morgan fingerprint density at radius 1 is 1.24 bits per heavy atom. The molecule has 1 aromatic heterocycles. The van der Waals surface area contributed by atoms with Gasteiger partial charge >= 0.3 is 0 Å². The van der Waals surface area contributed by atoms with Crippen LogP contribution < -0.4 is 10.2 Å². The van der Waals surface area contributed by atoms with E-state index in [0.29, 0.717) is 6.04 Å². The Morgan fingerprint density at radius 2 is 2.00 bits per heavy atom. The van der Waals surface area contributed by atoms with Crippen molar-refractivity contribution >= 4 is 5.69 Å². The van der Waals surface area contributed by atoms with Crippen LogP contribution in [0, 0.1) is 5.82 Å². The molecule has 0 aliphatic heterocycles. The number of nitrogens with zero attached hydrogens (tertiary/aromatic N) is 1. The van der Waals surface area contributed by atoms with Gasteiger partial charge in [0.1, 0.15) is 11.6 Å². The maximum atomic E-state index is 13.0. The van der Waals surface area contributed by atoms with Crippen molar-refractivity contribution in [3.05, 3.63) is 53.7 Å². The molecule has 2 aromatic rings. The van der Waals surface area contributed by atoms with Gasteiger partial charge in [-0.1, -0.05) is 0 Å². The molecule has 0 atom stereocenters. The number of anilines is 1. The lowest BCUT2D eigenvalue weighted by molar-refractivity contribution is 0.477. The second kappa shape index (κ2) is 6.31. The van der Waals surface area contributed by atoms with Crippen molar-refractivity contribution in [2.75, 3.05) is 11.4 Å². The summed E-state index contributed by atoms with van der Waals surface area (Å²) < 4.78 is 18.6. The van der Waals surface area contributed by atoms with Crippen molar-refractivity contribution in [3.8, 4) is 0 Å². The zero-order valence-corrected chi connectivity index (χ0v) is 12.3. The predicted octanol–water partition coefficient (Wildman–Crippen LogP) is 3.70. The predicted molar refractivity (Wildman–Crippen MR) is 81.7 cm³/mol. The zero-order chi connectivity index (χ0) is 14.7. The summed E-state index contributed by atoms with van der Waals surface area (Å²) in [5, 5.41) is 3.48. The molecule has 1 N–H and O–H groups in total. The molecule has 0 radical (unpaired) electrons. The summed E-state index contributed by atoms with van der Waals surface area (Å²) >= 11 is 0. The second-order valence-electron chi connectivity index (χ2n) is 5.51. The highest BCUT2D eigenvalue weighted by Gasteiger charge is 2.21. The van der Waals surface area contributed by atoms with Gasteiger partial charge in [0.25, 0.3) is 0 Å². The van der Waals surface area contributed by atoms with E-state index in [9.17, 15) is 4.39 Å². The Balaban J connectivity index is 1.68. The molecule has 1 aromatic carbocycles. The fourth-order valence-corrected chi connectivity index (χ4v) is 2.43. The lowest BCUT2D eigenvalue weighted by atomic mass is 10.2. The third-order valence-corrected chi connectivity index (χ3v) is 3.90. The van der Waals surface area contributed by atoms with Crippen LogP contribution in [0.25, 0.3) is 0 Å². The van der Waals surface area contributed by atoms with Gasteiger partial charge in [-0.3, -0.25) is 0 Å². The molecule has 3 nitrogen and oxygen atoms in total. The second-order valence-corrected chi connectivity index (χ2v) is 5.51. The van der Waals surface area contributed by atoms with Crippen LogP contribution in [-0.4, -0.2) is 12.6 Å². The van der Waals surface area contributed by atoms with Crippen LogP contribution in [0.4, 0.5) is 10.1 Å². The van der Waals surface area contributed by atoms with Gasteiger partial charge in [0.15, 0.2) is 0 Å². The van der Waals surface area contributed by atoms with Gasteiger partial charge in [0.2, 0.25) is 0 Å². The largest absolute Gasteiger partial charge is 0.468 e. The van der Waals surface area contributed by atoms with Crippen molar-refractivity contribution in [1.29, 1.82) is 0 Å². The highest BCUT2D eigenvalue weighted by Crippen LogP contribution is 2.22. The zero-order valence-electron chi connectivity index (χ0n) is 12.3. The summed E-state index contributed by atoms with van der Waals surface area (Å²) in [6, 6.07) is 9.34. The Labute approximate surface area is 124 Å². The fourth-order valence-electron chi connectivity index (χ4n) is 2.43. The highest BCUT2D eigenvalue weighted by molar-refractivity contribution is 5.47. The Hall–Kier alpha value is -1.81. The van der Waals surface area contributed by atoms with Crippen molar-refractivity contribution in [2.45, 2.75) is 38.9 Å². The first kappa shape index (κ1) is 14.1. The average Bonchev–Trinajstić information content (AvgIpc) is 3.23. The van der Waals surface area contributed by atoms with E-state index in [1.165, 1.54) is 30.5 Å². The summed E-state index contributed by atoms with van der Waals surface area (Å²) in [6.45, 7) is 4.53. The fraction of sp³-hybridized carbons (Fsp3) is 0.412. The molecule has 0 amide bonds. The van der Waals surface area contributed by atoms with Gasteiger partial charge in [-0.25, -0.2) is 4.39 Å². The van der Waals surface area contributed by atoms with Crippen LogP contribution in [0.5, 0.6) is 0 Å². The third kappa shape index (κ3) is 3.64. The van der Waals surface area contributed by atoms with E-state index in [4.69, 9.17) is 4.42 Å². The van der Waals surface area contributed by atoms with E-state index < -0.39 is 0 Å². The standard InChI is InChI=1S/C17H21FN2O/c1-2-20(16-7-3-14(18)4-8-16)12-13-9-10-21-17(13)11-19-15-5-6-15/h3-4,7-10,15,19H,2,5-6,11-12H2,1H3. The van der Waals surface area contributed by atoms with E-state index in [0.717, 1.165) is 31.1 Å². The smallest absolute Gasteiger partial charge is 0.123 e. The molecule has 21 heavy (non-hydrogen) atoms. The molecule has 1 heterocycles. The molecule has 0 unspecified atom stereocenters. The minimum atomic E-state index is -0.201. The van der Waals surface area contributed by atoms with Crippen LogP contribution in [0.1, 0.15) is 31.1 Å². The number of hydrogen-bond donors (Lipinski definition) is 1. The number of nitrogens with one attached hydrogen (secondary N) is 1. The van der Waals surface area contributed by atoms with Crippen LogP contribution in [0.2, 0.25) is 0 Å². The molecule has 1 aliphatic carbocycles. The van der Waals surface area contributed by atoms with Gasteiger partial charge in [-0.15, -0.1) is 0 Å². The molecule has 1 fully saturated rings. The Bertz CT molecular complexity index is 575. The third-order valence-electron chi connectivity index (χ3n) is 3.90.